The molecule has 0 fully saturated rings. The molecule has 0 atom stereocenters. The highest BCUT2D eigenvalue weighted by Crippen LogP contribution is 2.44. The van der Waals surface area contributed by atoms with E-state index in [-0.39, 0.29) is 0 Å². The Bertz CT molecular complexity index is 3280. The largest absolute Gasteiger partial charge is 0.456 e. The molecule has 10 aromatic carbocycles. The van der Waals surface area contributed by atoms with Gasteiger partial charge in [0.15, 0.2) is 0 Å². The van der Waals surface area contributed by atoms with E-state index >= 15 is 0 Å². The van der Waals surface area contributed by atoms with Crippen LogP contribution in [0.1, 0.15) is 0 Å². The molecule has 0 aliphatic rings. The zero-order valence-electron chi connectivity index (χ0n) is 32.2. The van der Waals surface area contributed by atoms with E-state index < -0.39 is 0 Å². The summed E-state index contributed by atoms with van der Waals surface area (Å²) in [6.45, 7) is 0. The summed E-state index contributed by atoms with van der Waals surface area (Å²) in [6, 6.07) is 82.4. The Kier molecular flexibility index (Phi) is 8.49. The van der Waals surface area contributed by atoms with Gasteiger partial charge in [0, 0.05) is 51.0 Å². The van der Waals surface area contributed by atoms with Gasteiger partial charge in [0.2, 0.25) is 0 Å². The number of furan rings is 1. The average Bonchev–Trinajstić information content (AvgIpc) is 3.68. The van der Waals surface area contributed by atoms with E-state index in [1.165, 1.54) is 43.8 Å². The highest BCUT2D eigenvalue weighted by atomic mass is 16.3. The number of anilines is 6. The van der Waals surface area contributed by atoms with Crippen LogP contribution in [0.4, 0.5) is 34.1 Å². The summed E-state index contributed by atoms with van der Waals surface area (Å²) >= 11 is 0. The molecule has 11 rings (SSSR count). The topological polar surface area (TPSA) is 19.6 Å². The molecule has 278 valence electrons. The fraction of sp³-hybridized carbons (Fsp3) is 0. The van der Waals surface area contributed by atoms with Crippen LogP contribution < -0.4 is 9.80 Å². The monoisotopic (exact) mass is 754 g/mol. The van der Waals surface area contributed by atoms with Crippen molar-refractivity contribution in [1.82, 2.24) is 0 Å². The molecule has 1 aromatic heterocycles. The molecule has 1 heterocycles. The lowest BCUT2D eigenvalue weighted by Crippen LogP contribution is -2.13. The van der Waals surface area contributed by atoms with Gasteiger partial charge in [-0.2, -0.15) is 0 Å². The first kappa shape index (κ1) is 34.4. The van der Waals surface area contributed by atoms with Crippen LogP contribution in [0, 0.1) is 0 Å². The zero-order chi connectivity index (χ0) is 39.1. The van der Waals surface area contributed by atoms with Crippen molar-refractivity contribution in [2.45, 2.75) is 0 Å². The first-order valence-electron chi connectivity index (χ1n) is 20.1. The number of nitrogens with zero attached hydrogens (tertiary/aromatic N) is 2. The number of rotatable bonds is 8. The third-order valence-corrected chi connectivity index (χ3v) is 11.4. The second-order valence-electron chi connectivity index (χ2n) is 15.0. The minimum atomic E-state index is 0.863. The van der Waals surface area contributed by atoms with Crippen LogP contribution in [-0.4, -0.2) is 0 Å². The molecule has 3 heteroatoms. The van der Waals surface area contributed by atoms with Gasteiger partial charge in [-0.1, -0.05) is 146 Å². The first-order valence-corrected chi connectivity index (χ1v) is 20.1. The molecule has 0 unspecified atom stereocenters. The summed E-state index contributed by atoms with van der Waals surface area (Å²) in [4.78, 5) is 4.64. The molecule has 0 aliphatic carbocycles. The van der Waals surface area contributed by atoms with Crippen molar-refractivity contribution in [2.24, 2.45) is 0 Å². The van der Waals surface area contributed by atoms with E-state index in [0.29, 0.717) is 0 Å². The lowest BCUT2D eigenvalue weighted by molar-refractivity contribution is 0.669. The number of hydrogen-bond acceptors (Lipinski definition) is 3. The molecular weight excluding hydrogens is 717 g/mol. The van der Waals surface area contributed by atoms with Crippen molar-refractivity contribution in [1.29, 1.82) is 0 Å². The van der Waals surface area contributed by atoms with Crippen molar-refractivity contribution >= 4 is 77.6 Å². The molecule has 11 aromatic rings. The molecule has 0 saturated heterocycles. The summed E-state index contributed by atoms with van der Waals surface area (Å²) < 4.78 is 6.37. The number of benzene rings is 10. The highest BCUT2D eigenvalue weighted by molar-refractivity contribution is 6.07. The summed E-state index contributed by atoms with van der Waals surface area (Å²) in [5, 5.41) is 7.17. The normalized spacial score (nSPS) is 11.4. The molecule has 59 heavy (non-hydrogen) atoms. The Balaban J connectivity index is 1.03. The van der Waals surface area contributed by atoms with Crippen LogP contribution in [0.25, 0.3) is 65.7 Å². The van der Waals surface area contributed by atoms with E-state index in [9.17, 15) is 0 Å². The van der Waals surface area contributed by atoms with Gasteiger partial charge in [0.05, 0.1) is 0 Å². The Labute approximate surface area is 343 Å². The molecule has 3 nitrogen and oxygen atoms in total. The molecule has 0 bridgehead atoms. The lowest BCUT2D eigenvalue weighted by Gasteiger charge is -2.29. The van der Waals surface area contributed by atoms with Crippen molar-refractivity contribution in [2.75, 3.05) is 9.80 Å². The predicted octanol–water partition coefficient (Wildman–Crippen LogP) is 16.2. The molecule has 0 N–H and O–H groups in total. The molecule has 0 amide bonds. The van der Waals surface area contributed by atoms with Gasteiger partial charge in [-0.3, -0.25) is 0 Å². The van der Waals surface area contributed by atoms with E-state index in [2.05, 4.69) is 228 Å². The standard InChI is InChI=1S/C56H38N2O/c1-3-17-44(18-4-1)57(46-31-28-41(29-32-46)56-50-23-10-9-15-40(50)30-34-51(56)43-27-26-39-14-7-8-16-42(39)36-43)47-21-13-22-48(37-47)58(45-19-5-2-6-20-45)49-33-35-53-52-24-11-12-25-54(52)59-55(53)38-49/h1-38H. The minimum Gasteiger partial charge on any atom is -0.456 e. The lowest BCUT2D eigenvalue weighted by atomic mass is 9.89. The quantitative estimate of drug-likeness (QED) is 0.154. The van der Waals surface area contributed by atoms with Gasteiger partial charge in [-0.15, -0.1) is 0 Å². The second-order valence-corrected chi connectivity index (χ2v) is 15.0. The van der Waals surface area contributed by atoms with E-state index in [1.54, 1.807) is 0 Å². The SMILES string of the molecule is c1ccc(N(c2ccc(-c3c(-c4ccc5ccccc5c4)ccc4ccccc34)cc2)c2cccc(N(c3ccccc3)c3ccc4c(c3)oc3ccccc34)c2)cc1. The fourth-order valence-electron chi connectivity index (χ4n) is 8.63. The maximum atomic E-state index is 6.37. The minimum absolute atomic E-state index is 0.863. The smallest absolute Gasteiger partial charge is 0.137 e. The van der Waals surface area contributed by atoms with Crippen LogP contribution >= 0.6 is 0 Å². The zero-order valence-corrected chi connectivity index (χ0v) is 32.2. The van der Waals surface area contributed by atoms with Crippen molar-refractivity contribution in [3.05, 3.63) is 231 Å². The van der Waals surface area contributed by atoms with Crippen LogP contribution in [0.5, 0.6) is 0 Å². The summed E-state index contributed by atoms with van der Waals surface area (Å²) in [7, 11) is 0. The summed E-state index contributed by atoms with van der Waals surface area (Å²) in [5.74, 6) is 0. The Morgan fingerprint density at radius 3 is 1.53 bits per heavy atom. The molecule has 0 radical (unpaired) electrons. The predicted molar refractivity (Wildman–Crippen MR) is 249 cm³/mol. The van der Waals surface area contributed by atoms with Gasteiger partial charge < -0.3 is 14.2 Å². The number of para-hydroxylation sites is 3. The van der Waals surface area contributed by atoms with Crippen molar-refractivity contribution < 1.29 is 4.42 Å². The Morgan fingerprint density at radius 2 is 0.780 bits per heavy atom. The van der Waals surface area contributed by atoms with Gasteiger partial charge >= 0.3 is 0 Å². The average molecular weight is 755 g/mol. The van der Waals surface area contributed by atoms with Crippen molar-refractivity contribution in [3.63, 3.8) is 0 Å². The highest BCUT2D eigenvalue weighted by Gasteiger charge is 2.20. The third-order valence-electron chi connectivity index (χ3n) is 11.4. The van der Waals surface area contributed by atoms with Gasteiger partial charge in [0.1, 0.15) is 11.2 Å². The molecule has 0 aliphatic heterocycles. The van der Waals surface area contributed by atoms with E-state index in [0.717, 1.165) is 56.1 Å². The second kappa shape index (κ2) is 14.6. The molecule has 0 spiro atoms. The molecule has 0 saturated carbocycles. The maximum absolute atomic E-state index is 6.37. The fourth-order valence-corrected chi connectivity index (χ4v) is 8.63. The van der Waals surface area contributed by atoms with E-state index in [4.69, 9.17) is 4.42 Å². The van der Waals surface area contributed by atoms with Crippen LogP contribution in [0.3, 0.4) is 0 Å². The van der Waals surface area contributed by atoms with Crippen LogP contribution in [-0.2, 0) is 0 Å². The van der Waals surface area contributed by atoms with Crippen LogP contribution in [0.15, 0.2) is 235 Å². The van der Waals surface area contributed by atoms with E-state index in [1.807, 2.05) is 12.1 Å². The first-order chi connectivity index (χ1) is 29.2. The van der Waals surface area contributed by atoms with Crippen molar-refractivity contribution in [3.8, 4) is 22.3 Å². The summed E-state index contributed by atoms with van der Waals surface area (Å²) in [5.41, 5.74) is 12.9. The Morgan fingerprint density at radius 1 is 0.271 bits per heavy atom. The number of hydrogen-bond donors (Lipinski definition) is 0. The Hall–Kier alpha value is -7.88. The van der Waals surface area contributed by atoms with Gasteiger partial charge in [-0.05, 0) is 123 Å². The van der Waals surface area contributed by atoms with Gasteiger partial charge in [-0.25, -0.2) is 0 Å². The summed E-state index contributed by atoms with van der Waals surface area (Å²) in [6.07, 6.45) is 0. The van der Waals surface area contributed by atoms with Gasteiger partial charge in [0.25, 0.3) is 0 Å². The number of fused-ring (bicyclic) bond motifs is 5. The molecular formula is C56H38N2O. The van der Waals surface area contributed by atoms with Crippen LogP contribution in [0.2, 0.25) is 0 Å². The maximum Gasteiger partial charge on any atom is 0.137 e. The third kappa shape index (κ3) is 6.26.